The van der Waals surface area contributed by atoms with Gasteiger partial charge in [-0.1, -0.05) is 6.92 Å². The number of benzene rings is 1. The second-order valence-electron chi connectivity index (χ2n) is 7.72. The van der Waals surface area contributed by atoms with E-state index in [-0.39, 0.29) is 11.9 Å². The van der Waals surface area contributed by atoms with Crippen molar-refractivity contribution in [1.29, 1.82) is 0 Å². The van der Waals surface area contributed by atoms with E-state index in [1.54, 1.807) is 41.6 Å². The summed E-state index contributed by atoms with van der Waals surface area (Å²) in [6.07, 6.45) is 9.55. The molecule has 33 heavy (non-hydrogen) atoms. The van der Waals surface area contributed by atoms with E-state index in [1.807, 2.05) is 17.7 Å². The monoisotopic (exact) mass is 442 g/mol. The maximum Gasteiger partial charge on any atom is 0.237 e. The second-order valence-corrected chi connectivity index (χ2v) is 7.72. The van der Waals surface area contributed by atoms with Crippen LogP contribution in [0.5, 0.6) is 0 Å². The molecular weight excluding hydrogens is 423 g/mol. The van der Waals surface area contributed by atoms with Crippen LogP contribution in [0, 0.1) is 12.7 Å². The van der Waals surface area contributed by atoms with Crippen molar-refractivity contribution in [3.05, 3.63) is 72.7 Å². The number of aromatic nitrogens is 9. The zero-order chi connectivity index (χ0) is 22.5. The molecule has 0 spiro atoms. The second kappa shape index (κ2) is 7.33. The van der Waals surface area contributed by atoms with Crippen molar-refractivity contribution in [3.8, 4) is 23.0 Å². The zero-order valence-corrected chi connectivity index (χ0v) is 17.9. The molecule has 0 amide bonds. The van der Waals surface area contributed by atoms with E-state index in [0.717, 1.165) is 40.7 Å². The maximum absolute atomic E-state index is 13.5. The first-order valence-corrected chi connectivity index (χ1v) is 10.5. The SMILES string of the molecule is CCC1c2nncn2-c2c(C)nc(-n3ccnc3-c3ccc(F)cc3)nc2N1c1cn[nH]c1. The standard InChI is InChI=1S/C22H19FN10/c1-3-17-20-30-27-12-32(20)18-13(2)28-22(29-21(18)33(17)16-10-25-26-11-16)31-9-8-24-19(31)14-4-6-15(23)7-5-14/h4-12,17H,3H2,1-2H3,(H,25,26). The molecule has 1 aromatic carbocycles. The van der Waals surface area contributed by atoms with Crippen molar-refractivity contribution in [2.24, 2.45) is 0 Å². The van der Waals surface area contributed by atoms with Gasteiger partial charge < -0.3 is 4.90 Å². The maximum atomic E-state index is 13.5. The van der Waals surface area contributed by atoms with E-state index in [1.165, 1.54) is 12.1 Å². The molecule has 164 valence electrons. The summed E-state index contributed by atoms with van der Waals surface area (Å²) < 4.78 is 17.2. The predicted octanol–water partition coefficient (Wildman–Crippen LogP) is 3.68. The number of nitrogens with one attached hydrogen (secondary N) is 1. The summed E-state index contributed by atoms with van der Waals surface area (Å²) in [5, 5.41) is 15.6. The molecule has 0 saturated carbocycles. The van der Waals surface area contributed by atoms with Gasteiger partial charge in [-0.3, -0.25) is 14.2 Å². The molecule has 0 aliphatic carbocycles. The summed E-state index contributed by atoms with van der Waals surface area (Å²) in [4.78, 5) is 16.3. The molecule has 1 unspecified atom stereocenters. The summed E-state index contributed by atoms with van der Waals surface area (Å²) in [6.45, 7) is 4.03. The smallest absolute Gasteiger partial charge is 0.237 e. The van der Waals surface area contributed by atoms with Gasteiger partial charge in [-0.15, -0.1) is 10.2 Å². The highest BCUT2D eigenvalue weighted by Gasteiger charge is 2.36. The Balaban J connectivity index is 1.57. The van der Waals surface area contributed by atoms with Crippen molar-refractivity contribution in [2.75, 3.05) is 4.90 Å². The van der Waals surface area contributed by atoms with Crippen LogP contribution in [-0.2, 0) is 0 Å². The number of hydrogen-bond acceptors (Lipinski definition) is 7. The molecule has 1 atom stereocenters. The molecule has 4 aromatic heterocycles. The first kappa shape index (κ1) is 19.3. The van der Waals surface area contributed by atoms with Crippen LogP contribution < -0.4 is 4.90 Å². The summed E-state index contributed by atoms with van der Waals surface area (Å²) in [5.74, 6) is 2.32. The van der Waals surface area contributed by atoms with Gasteiger partial charge in [-0.25, -0.2) is 14.4 Å². The lowest BCUT2D eigenvalue weighted by Gasteiger charge is -2.36. The molecule has 1 aliphatic heterocycles. The number of fused-ring (bicyclic) bond motifs is 3. The van der Waals surface area contributed by atoms with Gasteiger partial charge in [-0.2, -0.15) is 10.1 Å². The lowest BCUT2D eigenvalue weighted by Crippen LogP contribution is -2.33. The Bertz CT molecular complexity index is 1430. The van der Waals surface area contributed by atoms with Crippen molar-refractivity contribution >= 4 is 11.5 Å². The fourth-order valence-corrected chi connectivity index (χ4v) is 4.32. The van der Waals surface area contributed by atoms with E-state index in [0.29, 0.717) is 11.8 Å². The number of rotatable bonds is 4. The molecule has 6 rings (SSSR count). The summed E-state index contributed by atoms with van der Waals surface area (Å²) in [5.41, 5.74) is 3.20. The number of imidazole rings is 1. The Morgan fingerprint density at radius 2 is 1.97 bits per heavy atom. The first-order valence-electron chi connectivity index (χ1n) is 10.5. The van der Waals surface area contributed by atoms with Crippen molar-refractivity contribution in [2.45, 2.75) is 26.3 Å². The third kappa shape index (κ3) is 2.93. The number of aryl methyl sites for hydroxylation is 1. The Labute approximate surface area is 187 Å². The Morgan fingerprint density at radius 3 is 2.73 bits per heavy atom. The highest BCUT2D eigenvalue weighted by atomic mass is 19.1. The van der Waals surface area contributed by atoms with Crippen molar-refractivity contribution in [3.63, 3.8) is 0 Å². The Morgan fingerprint density at radius 1 is 1.12 bits per heavy atom. The lowest BCUT2D eigenvalue weighted by atomic mass is 10.1. The summed E-state index contributed by atoms with van der Waals surface area (Å²) in [7, 11) is 0. The fourth-order valence-electron chi connectivity index (χ4n) is 4.32. The summed E-state index contributed by atoms with van der Waals surface area (Å²) in [6, 6.07) is 6.11. The van der Waals surface area contributed by atoms with Crippen LogP contribution in [0.15, 0.2) is 55.4 Å². The van der Waals surface area contributed by atoms with Crippen molar-refractivity contribution < 1.29 is 4.39 Å². The normalized spacial score (nSPS) is 14.9. The topological polar surface area (TPSA) is 106 Å². The molecule has 0 radical (unpaired) electrons. The molecule has 1 aliphatic rings. The number of nitrogens with zero attached hydrogens (tertiary/aromatic N) is 9. The fraction of sp³-hybridized carbons (Fsp3) is 0.182. The number of H-pyrrole nitrogens is 1. The molecule has 10 nitrogen and oxygen atoms in total. The van der Waals surface area contributed by atoms with Crippen LogP contribution in [-0.4, -0.2) is 44.5 Å². The molecule has 0 fully saturated rings. The minimum Gasteiger partial charge on any atom is -0.311 e. The van der Waals surface area contributed by atoms with Gasteiger partial charge in [0.05, 0.1) is 23.6 Å². The van der Waals surface area contributed by atoms with Gasteiger partial charge in [0, 0.05) is 24.2 Å². The average Bonchev–Trinajstić information content (AvgIpc) is 3.59. The Hall–Kier alpha value is -4.41. The highest BCUT2D eigenvalue weighted by molar-refractivity contribution is 5.73. The number of hydrogen-bond donors (Lipinski definition) is 1. The Kier molecular flexibility index (Phi) is 4.28. The van der Waals surface area contributed by atoms with Gasteiger partial charge in [0.15, 0.2) is 11.6 Å². The van der Waals surface area contributed by atoms with E-state index < -0.39 is 0 Å². The quantitative estimate of drug-likeness (QED) is 0.452. The van der Waals surface area contributed by atoms with Gasteiger partial charge in [-0.05, 0) is 37.6 Å². The van der Waals surface area contributed by atoms with Crippen LogP contribution in [0.3, 0.4) is 0 Å². The average molecular weight is 442 g/mol. The van der Waals surface area contributed by atoms with Gasteiger partial charge in [0.2, 0.25) is 5.95 Å². The number of halogens is 1. The third-order valence-electron chi connectivity index (χ3n) is 5.79. The van der Waals surface area contributed by atoms with Gasteiger partial charge >= 0.3 is 0 Å². The van der Waals surface area contributed by atoms with E-state index >= 15 is 0 Å². The molecule has 5 aromatic rings. The molecule has 1 N–H and O–H groups in total. The highest BCUT2D eigenvalue weighted by Crippen LogP contribution is 2.43. The van der Waals surface area contributed by atoms with Crippen molar-refractivity contribution in [1.82, 2.24) is 44.5 Å². The lowest BCUT2D eigenvalue weighted by molar-refractivity contribution is 0.587. The van der Waals surface area contributed by atoms with Crippen LogP contribution in [0.25, 0.3) is 23.0 Å². The summed E-state index contributed by atoms with van der Waals surface area (Å²) >= 11 is 0. The molecule has 11 heteroatoms. The number of anilines is 2. The van der Waals surface area contributed by atoms with Crippen LogP contribution >= 0.6 is 0 Å². The third-order valence-corrected chi connectivity index (χ3v) is 5.79. The van der Waals surface area contributed by atoms with E-state index in [9.17, 15) is 4.39 Å². The van der Waals surface area contributed by atoms with Crippen LogP contribution in [0.1, 0.15) is 30.9 Å². The minimum absolute atomic E-state index is 0.0842. The van der Waals surface area contributed by atoms with Gasteiger partial charge in [0.25, 0.3) is 0 Å². The van der Waals surface area contributed by atoms with E-state index in [4.69, 9.17) is 9.97 Å². The molecular formula is C22H19FN10. The van der Waals surface area contributed by atoms with Crippen LogP contribution in [0.4, 0.5) is 15.9 Å². The molecule has 5 heterocycles. The van der Waals surface area contributed by atoms with Gasteiger partial charge in [0.1, 0.15) is 23.7 Å². The van der Waals surface area contributed by atoms with Crippen LogP contribution in [0.2, 0.25) is 0 Å². The largest absolute Gasteiger partial charge is 0.311 e. The predicted molar refractivity (Wildman–Crippen MR) is 118 cm³/mol. The number of aromatic amines is 1. The molecule has 0 bridgehead atoms. The minimum atomic E-state index is -0.302. The first-order chi connectivity index (χ1) is 16.2. The molecule has 0 saturated heterocycles. The zero-order valence-electron chi connectivity index (χ0n) is 17.9. The van der Waals surface area contributed by atoms with E-state index in [2.05, 4.69) is 37.2 Å².